The Labute approximate surface area is 111 Å². The molecule has 0 radical (unpaired) electrons. The quantitative estimate of drug-likeness (QED) is 0.790. The minimum atomic E-state index is 0.382. The SMILES string of the molecule is Clc1cc(C2=C[C@H]3CNCC[C@H]3C2)cnc1Cl. The fraction of sp³-hybridized carbons (Fsp3) is 0.462. The maximum atomic E-state index is 6.01. The van der Waals surface area contributed by atoms with Crippen molar-refractivity contribution in [2.75, 3.05) is 13.1 Å². The Hall–Kier alpha value is -0.570. The molecule has 2 nitrogen and oxygen atoms in total. The van der Waals surface area contributed by atoms with Crippen molar-refractivity contribution in [2.45, 2.75) is 12.8 Å². The van der Waals surface area contributed by atoms with E-state index in [4.69, 9.17) is 23.2 Å². The van der Waals surface area contributed by atoms with Crippen molar-refractivity contribution in [2.24, 2.45) is 11.8 Å². The highest BCUT2D eigenvalue weighted by Gasteiger charge is 2.30. The summed E-state index contributed by atoms with van der Waals surface area (Å²) < 4.78 is 0. The van der Waals surface area contributed by atoms with Crippen molar-refractivity contribution in [3.8, 4) is 0 Å². The van der Waals surface area contributed by atoms with Gasteiger partial charge in [0.1, 0.15) is 5.15 Å². The van der Waals surface area contributed by atoms with Crippen molar-refractivity contribution in [1.29, 1.82) is 0 Å². The molecule has 17 heavy (non-hydrogen) atoms. The molecule has 0 saturated carbocycles. The first-order valence-corrected chi connectivity index (χ1v) is 6.72. The first-order valence-electron chi connectivity index (χ1n) is 5.97. The summed E-state index contributed by atoms with van der Waals surface area (Å²) in [5.74, 6) is 1.47. The van der Waals surface area contributed by atoms with E-state index in [0.29, 0.717) is 16.1 Å². The van der Waals surface area contributed by atoms with E-state index in [1.165, 1.54) is 12.0 Å². The number of pyridine rings is 1. The average molecular weight is 269 g/mol. The topological polar surface area (TPSA) is 24.9 Å². The molecule has 1 aromatic rings. The maximum Gasteiger partial charge on any atom is 0.147 e. The summed E-state index contributed by atoms with van der Waals surface area (Å²) in [4.78, 5) is 4.12. The summed E-state index contributed by atoms with van der Waals surface area (Å²) >= 11 is 11.8. The van der Waals surface area contributed by atoms with Crippen molar-refractivity contribution in [1.82, 2.24) is 10.3 Å². The molecule has 2 heterocycles. The Balaban J connectivity index is 1.87. The minimum absolute atomic E-state index is 0.382. The Kier molecular flexibility index (Phi) is 3.12. The highest BCUT2D eigenvalue weighted by Crippen LogP contribution is 2.39. The van der Waals surface area contributed by atoms with Gasteiger partial charge in [-0.2, -0.15) is 0 Å². The van der Waals surface area contributed by atoms with E-state index < -0.39 is 0 Å². The molecule has 0 bridgehead atoms. The summed E-state index contributed by atoms with van der Waals surface area (Å²) in [6, 6.07) is 1.92. The van der Waals surface area contributed by atoms with Gasteiger partial charge in [0.2, 0.25) is 0 Å². The van der Waals surface area contributed by atoms with Crippen molar-refractivity contribution >= 4 is 28.8 Å². The summed E-state index contributed by atoms with van der Waals surface area (Å²) in [6.07, 6.45) is 6.61. The third-order valence-corrected chi connectivity index (χ3v) is 4.43. The first kappa shape index (κ1) is 11.5. The van der Waals surface area contributed by atoms with Crippen LogP contribution >= 0.6 is 23.2 Å². The maximum absolute atomic E-state index is 6.01. The molecule has 1 N–H and O–H groups in total. The number of hydrogen-bond acceptors (Lipinski definition) is 2. The fourth-order valence-corrected chi connectivity index (χ4v) is 3.07. The predicted molar refractivity (Wildman–Crippen MR) is 71.3 cm³/mol. The summed E-state index contributed by atoms with van der Waals surface area (Å²) in [5, 5.41) is 4.36. The number of fused-ring (bicyclic) bond motifs is 1. The molecular formula is C13H14Cl2N2. The van der Waals surface area contributed by atoms with Gasteiger partial charge in [-0.25, -0.2) is 4.98 Å². The number of rotatable bonds is 1. The normalized spacial score (nSPS) is 27.8. The Morgan fingerprint density at radius 3 is 3.00 bits per heavy atom. The summed E-state index contributed by atoms with van der Waals surface area (Å²) in [6.45, 7) is 2.24. The molecule has 0 unspecified atom stereocenters. The lowest BCUT2D eigenvalue weighted by atomic mass is 9.89. The van der Waals surface area contributed by atoms with Crippen molar-refractivity contribution in [3.63, 3.8) is 0 Å². The zero-order chi connectivity index (χ0) is 11.8. The lowest BCUT2D eigenvalue weighted by molar-refractivity contribution is 0.323. The van der Waals surface area contributed by atoms with Gasteiger partial charge < -0.3 is 5.32 Å². The number of hydrogen-bond donors (Lipinski definition) is 1. The average Bonchev–Trinajstić information content (AvgIpc) is 2.76. The Morgan fingerprint density at radius 2 is 2.24 bits per heavy atom. The van der Waals surface area contributed by atoms with Crippen LogP contribution in [0.4, 0.5) is 0 Å². The van der Waals surface area contributed by atoms with Gasteiger partial charge in [-0.3, -0.25) is 0 Å². The van der Waals surface area contributed by atoms with Crippen LogP contribution in [0.2, 0.25) is 10.2 Å². The standard InChI is InChI=1S/C13H14Cl2N2/c14-12-5-11(7-17-13(12)15)9-3-8-1-2-16-6-10(8)4-9/h4-5,7-8,10,16H,1-3,6H2/t8-,10-/m0/s1. The van der Waals surface area contributed by atoms with Gasteiger partial charge in [0, 0.05) is 12.7 Å². The molecule has 0 amide bonds. The van der Waals surface area contributed by atoms with Crippen LogP contribution in [-0.2, 0) is 0 Å². The van der Waals surface area contributed by atoms with E-state index in [1.54, 1.807) is 0 Å². The largest absolute Gasteiger partial charge is 0.316 e. The molecule has 0 aromatic carbocycles. The van der Waals surface area contributed by atoms with Crippen LogP contribution in [-0.4, -0.2) is 18.1 Å². The Morgan fingerprint density at radius 1 is 1.35 bits per heavy atom. The molecule has 2 atom stereocenters. The highest BCUT2D eigenvalue weighted by molar-refractivity contribution is 6.41. The van der Waals surface area contributed by atoms with Gasteiger partial charge in [0.15, 0.2) is 0 Å². The molecule has 90 valence electrons. The van der Waals surface area contributed by atoms with E-state index >= 15 is 0 Å². The predicted octanol–water partition coefficient (Wildman–Crippen LogP) is 3.40. The molecule has 1 fully saturated rings. The number of nitrogens with zero attached hydrogens (tertiary/aromatic N) is 1. The third kappa shape index (κ3) is 2.22. The van der Waals surface area contributed by atoms with Gasteiger partial charge in [-0.1, -0.05) is 29.3 Å². The molecule has 1 saturated heterocycles. The number of piperidine rings is 1. The van der Waals surface area contributed by atoms with Gasteiger partial charge >= 0.3 is 0 Å². The Bertz CT molecular complexity index is 470. The first-order chi connectivity index (χ1) is 8.24. The zero-order valence-electron chi connectivity index (χ0n) is 9.42. The second kappa shape index (κ2) is 4.60. The van der Waals surface area contributed by atoms with Gasteiger partial charge in [-0.15, -0.1) is 0 Å². The van der Waals surface area contributed by atoms with Crippen LogP contribution in [0.1, 0.15) is 18.4 Å². The van der Waals surface area contributed by atoms with E-state index in [-0.39, 0.29) is 0 Å². The van der Waals surface area contributed by atoms with Crippen LogP contribution in [0.3, 0.4) is 0 Å². The molecule has 1 aromatic heterocycles. The van der Waals surface area contributed by atoms with E-state index in [2.05, 4.69) is 16.4 Å². The van der Waals surface area contributed by atoms with Crippen molar-refractivity contribution < 1.29 is 0 Å². The second-order valence-electron chi connectivity index (χ2n) is 4.81. The number of nitrogens with one attached hydrogen (secondary N) is 1. The highest BCUT2D eigenvalue weighted by atomic mass is 35.5. The van der Waals surface area contributed by atoms with Gasteiger partial charge in [0.25, 0.3) is 0 Å². The van der Waals surface area contributed by atoms with Gasteiger partial charge in [-0.05, 0) is 48.4 Å². The minimum Gasteiger partial charge on any atom is -0.316 e. The number of halogens is 2. The van der Waals surface area contributed by atoms with Crippen LogP contribution in [0.5, 0.6) is 0 Å². The lowest BCUT2D eigenvalue weighted by Gasteiger charge is -2.25. The van der Waals surface area contributed by atoms with Crippen molar-refractivity contribution in [3.05, 3.63) is 34.1 Å². The van der Waals surface area contributed by atoms with E-state index in [1.807, 2.05) is 12.3 Å². The fourth-order valence-electron chi connectivity index (χ4n) is 2.81. The molecule has 3 rings (SSSR count). The molecular weight excluding hydrogens is 255 g/mol. The monoisotopic (exact) mass is 268 g/mol. The van der Waals surface area contributed by atoms with Crippen LogP contribution in [0.15, 0.2) is 18.3 Å². The van der Waals surface area contributed by atoms with Gasteiger partial charge in [0.05, 0.1) is 5.02 Å². The second-order valence-corrected chi connectivity index (χ2v) is 5.57. The molecule has 1 aliphatic heterocycles. The third-order valence-electron chi connectivity index (χ3n) is 3.74. The summed E-state index contributed by atoms with van der Waals surface area (Å²) in [7, 11) is 0. The summed E-state index contributed by atoms with van der Waals surface area (Å²) in [5.41, 5.74) is 2.49. The van der Waals surface area contributed by atoms with E-state index in [9.17, 15) is 0 Å². The number of aromatic nitrogens is 1. The smallest absolute Gasteiger partial charge is 0.147 e. The molecule has 4 heteroatoms. The number of allylic oxidation sites excluding steroid dienone is 1. The van der Waals surface area contributed by atoms with Crippen LogP contribution in [0.25, 0.3) is 5.57 Å². The molecule has 1 aliphatic carbocycles. The lowest BCUT2D eigenvalue weighted by Crippen LogP contribution is -2.33. The zero-order valence-corrected chi connectivity index (χ0v) is 10.9. The molecule has 0 spiro atoms. The van der Waals surface area contributed by atoms with E-state index in [0.717, 1.165) is 31.0 Å². The van der Waals surface area contributed by atoms with Crippen LogP contribution in [0, 0.1) is 11.8 Å². The van der Waals surface area contributed by atoms with Crippen LogP contribution < -0.4 is 5.32 Å². The molecule has 2 aliphatic rings.